The quantitative estimate of drug-likeness (QED) is 0.633. The number of thioether (sulfide) groups is 1. The molecule has 1 N–H and O–H groups in total. The third kappa shape index (κ3) is 3.56. The number of hydrogen-bond donors (Lipinski definition) is 1. The van der Waals surface area contributed by atoms with Gasteiger partial charge in [-0.15, -0.1) is 0 Å². The Bertz CT molecular complexity index is 520. The van der Waals surface area contributed by atoms with Gasteiger partial charge in [-0.2, -0.15) is 0 Å². The first-order valence-electron chi connectivity index (χ1n) is 6.94. The van der Waals surface area contributed by atoms with Gasteiger partial charge in [0.15, 0.2) is 5.78 Å². The highest BCUT2D eigenvalue weighted by Crippen LogP contribution is 2.42. The van der Waals surface area contributed by atoms with Crippen molar-refractivity contribution in [1.29, 1.82) is 0 Å². The lowest BCUT2D eigenvalue weighted by molar-refractivity contribution is -0.122. The number of carbonyl (C=O) groups excluding carboxylic acids is 1. The van der Waals surface area contributed by atoms with Gasteiger partial charge in [-0.3, -0.25) is 10.0 Å². The van der Waals surface area contributed by atoms with Crippen LogP contribution in [0.4, 0.5) is 0 Å². The minimum Gasteiger partial charge on any atom is -0.334 e. The Morgan fingerprint density at radius 3 is 2.62 bits per heavy atom. The first-order valence-corrected chi connectivity index (χ1v) is 8.16. The molecule has 0 aromatic rings. The van der Waals surface area contributed by atoms with Crippen molar-refractivity contribution < 1.29 is 10.0 Å². The zero-order valence-corrected chi connectivity index (χ0v) is 14.1. The molecule has 1 aliphatic heterocycles. The summed E-state index contributed by atoms with van der Waals surface area (Å²) in [4.78, 5) is 13.2. The maximum Gasteiger partial charge on any atom is 0.178 e. The number of nitrogens with zero attached hydrogens (tertiary/aromatic N) is 2. The van der Waals surface area contributed by atoms with Crippen LogP contribution in [0.3, 0.4) is 0 Å². The van der Waals surface area contributed by atoms with Gasteiger partial charge in [0.1, 0.15) is 10.5 Å². The van der Waals surface area contributed by atoms with E-state index in [2.05, 4.69) is 25.7 Å². The van der Waals surface area contributed by atoms with Gasteiger partial charge in [-0.05, 0) is 50.1 Å². The summed E-state index contributed by atoms with van der Waals surface area (Å²) >= 11 is 7.03. The van der Waals surface area contributed by atoms with Crippen LogP contribution in [0.25, 0.3) is 0 Å². The molecule has 114 valence electrons. The molecule has 21 heavy (non-hydrogen) atoms. The average molecular weight is 324 g/mol. The fraction of sp³-hybridized carbons (Fsp3) is 0.467. The molecular weight excluding hydrogens is 304 g/mol. The first kappa shape index (κ1) is 16.3. The summed E-state index contributed by atoms with van der Waals surface area (Å²) in [5.74, 6) is -0.0396. The van der Waals surface area contributed by atoms with E-state index in [1.807, 2.05) is 0 Å². The average Bonchev–Trinajstić information content (AvgIpc) is 2.62. The van der Waals surface area contributed by atoms with E-state index in [1.54, 1.807) is 30.1 Å². The lowest BCUT2D eigenvalue weighted by atomic mass is 10.1. The molecular formula is C15H20N2O2S2. The second-order valence-corrected chi connectivity index (χ2v) is 7.90. The maximum atomic E-state index is 11.1. The first-order chi connectivity index (χ1) is 9.85. The van der Waals surface area contributed by atoms with Crippen LogP contribution < -0.4 is 0 Å². The lowest BCUT2D eigenvalue weighted by Crippen LogP contribution is -2.50. The van der Waals surface area contributed by atoms with Crippen molar-refractivity contribution in [3.05, 3.63) is 36.1 Å². The van der Waals surface area contributed by atoms with Gasteiger partial charge in [-0.1, -0.05) is 30.9 Å². The van der Waals surface area contributed by atoms with Crippen molar-refractivity contribution >= 4 is 34.1 Å². The highest BCUT2D eigenvalue weighted by molar-refractivity contribution is 8.24. The van der Waals surface area contributed by atoms with E-state index in [9.17, 15) is 10.0 Å². The fourth-order valence-corrected chi connectivity index (χ4v) is 4.44. The van der Waals surface area contributed by atoms with Crippen LogP contribution in [0.5, 0.6) is 0 Å². The Labute approximate surface area is 135 Å². The zero-order valence-electron chi connectivity index (χ0n) is 12.4. The molecule has 1 saturated heterocycles. The second kappa shape index (κ2) is 6.34. The molecule has 0 spiro atoms. The third-order valence-electron chi connectivity index (χ3n) is 3.38. The summed E-state index contributed by atoms with van der Waals surface area (Å²) < 4.78 is 0.602. The number of thiocarbonyl (C=S) groups is 1. The molecule has 0 unspecified atom stereocenters. The predicted octanol–water partition coefficient (Wildman–Crippen LogP) is 3.11. The Hall–Kier alpha value is -1.11. The van der Waals surface area contributed by atoms with Crippen molar-refractivity contribution in [3.8, 4) is 0 Å². The van der Waals surface area contributed by atoms with Gasteiger partial charge in [0.25, 0.3) is 0 Å². The lowest BCUT2D eigenvalue weighted by Gasteiger charge is -2.36. The smallest absolute Gasteiger partial charge is 0.178 e. The molecule has 0 amide bonds. The van der Waals surface area contributed by atoms with Crippen molar-refractivity contribution in [2.75, 3.05) is 6.54 Å². The topological polar surface area (TPSA) is 43.8 Å². The Morgan fingerprint density at radius 2 is 2.05 bits per heavy atom. The van der Waals surface area contributed by atoms with Crippen LogP contribution in [0.1, 0.15) is 27.2 Å². The summed E-state index contributed by atoms with van der Waals surface area (Å²) in [5.41, 5.74) is 0.784. The van der Waals surface area contributed by atoms with Crippen molar-refractivity contribution in [2.24, 2.45) is 0 Å². The number of hydrogen-bond acceptors (Lipinski definition) is 5. The molecule has 0 bridgehead atoms. The summed E-state index contributed by atoms with van der Waals surface area (Å²) in [6.07, 6.45) is 8.76. The molecule has 0 radical (unpaired) electrons. The summed E-state index contributed by atoms with van der Waals surface area (Å²) in [6, 6.07) is 0. The molecule has 0 aromatic heterocycles. The normalized spacial score (nSPS) is 23.9. The van der Waals surface area contributed by atoms with Gasteiger partial charge in [0.05, 0.1) is 4.75 Å². The molecule has 4 nitrogen and oxygen atoms in total. The second-order valence-electron chi connectivity index (χ2n) is 5.62. The number of allylic oxidation sites excluding steroid dienone is 5. The zero-order chi connectivity index (χ0) is 15.6. The molecule has 1 atom stereocenters. The summed E-state index contributed by atoms with van der Waals surface area (Å²) in [7, 11) is 0. The molecule has 0 aromatic carbocycles. The van der Waals surface area contributed by atoms with Crippen LogP contribution in [-0.4, -0.2) is 42.7 Å². The fourth-order valence-electron chi connectivity index (χ4n) is 2.50. The Balaban J connectivity index is 2.23. The van der Waals surface area contributed by atoms with E-state index in [0.717, 1.165) is 22.9 Å². The van der Waals surface area contributed by atoms with E-state index in [0.29, 0.717) is 0 Å². The Kier molecular flexibility index (Phi) is 4.91. The number of ketones is 1. The van der Waals surface area contributed by atoms with E-state index in [-0.39, 0.29) is 16.7 Å². The van der Waals surface area contributed by atoms with Crippen LogP contribution >= 0.6 is 24.0 Å². The minimum absolute atomic E-state index is 0.0396. The number of rotatable bonds is 4. The highest BCUT2D eigenvalue weighted by Gasteiger charge is 2.46. The van der Waals surface area contributed by atoms with Crippen LogP contribution in [0, 0.1) is 0 Å². The molecule has 6 heteroatoms. The van der Waals surface area contributed by atoms with E-state index in [1.165, 1.54) is 17.2 Å². The molecule has 2 rings (SSSR count). The van der Waals surface area contributed by atoms with Crippen LogP contribution in [0.2, 0.25) is 0 Å². The summed E-state index contributed by atoms with van der Waals surface area (Å²) in [6.45, 7) is 7.04. The van der Waals surface area contributed by atoms with Gasteiger partial charge >= 0.3 is 0 Å². The largest absolute Gasteiger partial charge is 0.334 e. The molecule has 1 aliphatic carbocycles. The van der Waals surface area contributed by atoms with Crippen molar-refractivity contribution in [1.82, 2.24) is 9.96 Å². The molecule has 2 aliphatic rings. The molecule has 0 saturated carbocycles. The minimum atomic E-state index is -0.220. The highest BCUT2D eigenvalue weighted by atomic mass is 32.2. The van der Waals surface area contributed by atoms with Crippen molar-refractivity contribution in [2.45, 2.75) is 38.1 Å². The maximum absolute atomic E-state index is 11.1. The van der Waals surface area contributed by atoms with Gasteiger partial charge < -0.3 is 4.90 Å². The van der Waals surface area contributed by atoms with Gasteiger partial charge in [0, 0.05) is 12.7 Å². The third-order valence-corrected chi connectivity index (χ3v) is 5.01. The van der Waals surface area contributed by atoms with Crippen molar-refractivity contribution in [3.63, 3.8) is 0 Å². The number of hydroxylamine groups is 2. The van der Waals surface area contributed by atoms with E-state index >= 15 is 0 Å². The SMILES string of the molecule is CCCN1C(=S)SC(C)(C)[C@H]1N(O)C=C1C=CC(=O)C=C1. The monoisotopic (exact) mass is 324 g/mol. The standard InChI is InChI=1S/C15H20N2O2S2/c1-4-9-16-13(15(2,3)21-14(16)20)17(19)10-11-5-7-12(18)8-6-11/h5-8,10,13,19H,4,9H2,1-3H3/t13-/m1/s1. The summed E-state index contributed by atoms with van der Waals surface area (Å²) in [5, 5.41) is 11.7. The van der Waals surface area contributed by atoms with E-state index < -0.39 is 0 Å². The van der Waals surface area contributed by atoms with Gasteiger partial charge in [0.2, 0.25) is 0 Å². The van der Waals surface area contributed by atoms with Gasteiger partial charge in [-0.25, -0.2) is 5.06 Å². The number of carbonyl (C=O) groups is 1. The molecule has 1 fully saturated rings. The van der Waals surface area contributed by atoms with E-state index in [4.69, 9.17) is 12.2 Å². The molecule has 1 heterocycles. The Morgan fingerprint density at radius 1 is 1.43 bits per heavy atom. The predicted molar refractivity (Wildman–Crippen MR) is 90.0 cm³/mol. The van der Waals surface area contributed by atoms with Crippen LogP contribution in [-0.2, 0) is 4.79 Å². The van der Waals surface area contributed by atoms with Crippen LogP contribution in [0.15, 0.2) is 36.1 Å².